The number of halogens is 4. The predicted molar refractivity (Wildman–Crippen MR) is 152 cm³/mol. The number of hydrogen-bond acceptors (Lipinski definition) is 8. The fraction of sp³-hybridized carbons (Fsp3) is 0.387. The Bertz CT molecular complexity index is 1570. The quantitative estimate of drug-likeness (QED) is 0.158. The summed E-state index contributed by atoms with van der Waals surface area (Å²) in [5, 5.41) is 3.78. The number of anilines is 1. The van der Waals surface area contributed by atoms with Crippen molar-refractivity contribution in [1.29, 1.82) is 0 Å². The second-order valence-electron chi connectivity index (χ2n) is 10.7. The van der Waals surface area contributed by atoms with Crippen LogP contribution in [0.2, 0.25) is 0 Å². The molecule has 12 heteroatoms. The van der Waals surface area contributed by atoms with E-state index >= 15 is 0 Å². The van der Waals surface area contributed by atoms with Gasteiger partial charge in [0, 0.05) is 23.3 Å². The van der Waals surface area contributed by atoms with Crippen LogP contribution in [0, 0.1) is 11.2 Å². The summed E-state index contributed by atoms with van der Waals surface area (Å²) in [6.45, 7) is 3.89. The van der Waals surface area contributed by atoms with Crippen molar-refractivity contribution in [3.8, 4) is 16.9 Å². The highest BCUT2D eigenvalue weighted by Gasteiger charge is 2.42. The molecule has 0 spiro atoms. The van der Waals surface area contributed by atoms with Crippen LogP contribution in [0.5, 0.6) is 5.75 Å². The maximum Gasteiger partial charge on any atom is 0.451 e. The molecule has 0 aliphatic heterocycles. The molecule has 0 saturated heterocycles. The molecule has 0 radical (unpaired) electrons. The maximum atomic E-state index is 13.7. The van der Waals surface area contributed by atoms with E-state index in [-0.39, 0.29) is 25.0 Å². The van der Waals surface area contributed by atoms with Crippen LogP contribution in [-0.2, 0) is 15.7 Å². The number of aromatic nitrogens is 4. The molecule has 1 aliphatic rings. The topological polar surface area (TPSA) is 99.1 Å². The lowest BCUT2D eigenvalue weighted by Gasteiger charge is -2.34. The largest absolute Gasteiger partial charge is 0.490 e. The van der Waals surface area contributed by atoms with Crippen LogP contribution in [-0.4, -0.2) is 39.1 Å². The molecule has 1 saturated carbocycles. The van der Waals surface area contributed by atoms with E-state index in [9.17, 15) is 22.4 Å². The Kier molecular flexibility index (Phi) is 8.74. The number of carbonyl (C=O) groups excluding carboxylic acids is 1. The number of ether oxygens (including phenoxy) is 2. The second-order valence-corrected chi connectivity index (χ2v) is 10.7. The smallest absolute Gasteiger partial charge is 0.451 e. The summed E-state index contributed by atoms with van der Waals surface area (Å²) in [6.07, 6.45) is 3.06. The fourth-order valence-corrected chi connectivity index (χ4v) is 5.30. The summed E-state index contributed by atoms with van der Waals surface area (Å²) < 4.78 is 64.4. The summed E-state index contributed by atoms with van der Waals surface area (Å²) in [5.41, 5.74) is 1.51. The highest BCUT2D eigenvalue weighted by Crippen LogP contribution is 2.40. The first-order chi connectivity index (χ1) is 20.6. The molecule has 43 heavy (non-hydrogen) atoms. The molecule has 1 atom stereocenters. The van der Waals surface area contributed by atoms with Crippen LogP contribution in [0.4, 0.5) is 23.4 Å². The van der Waals surface area contributed by atoms with Crippen molar-refractivity contribution < 1.29 is 31.8 Å². The molecular formula is C31H31F4N5O3. The molecule has 2 heterocycles. The number of esters is 1. The fourth-order valence-electron chi connectivity index (χ4n) is 5.30. The van der Waals surface area contributed by atoms with Gasteiger partial charge in [-0.1, -0.05) is 31.4 Å². The molecule has 5 rings (SSSR count). The van der Waals surface area contributed by atoms with Gasteiger partial charge < -0.3 is 14.8 Å². The zero-order valence-corrected chi connectivity index (χ0v) is 23.7. The molecule has 1 N–H and O–H groups in total. The number of rotatable bonds is 9. The molecule has 0 amide bonds. The minimum atomic E-state index is -4.64. The van der Waals surface area contributed by atoms with Crippen LogP contribution >= 0.6 is 0 Å². The lowest BCUT2D eigenvalue weighted by Crippen LogP contribution is -2.40. The van der Waals surface area contributed by atoms with Gasteiger partial charge in [-0.05, 0) is 62.1 Å². The zero-order chi connectivity index (χ0) is 30.6. The molecule has 2 aromatic heterocycles. The van der Waals surface area contributed by atoms with E-state index in [4.69, 9.17) is 9.47 Å². The Labute approximate surface area is 245 Å². The average molecular weight is 598 g/mol. The maximum absolute atomic E-state index is 13.7. The number of carbonyl (C=O) groups is 1. The molecule has 2 aromatic carbocycles. The van der Waals surface area contributed by atoms with Crippen molar-refractivity contribution in [2.45, 2.75) is 58.2 Å². The normalized spacial score (nSPS) is 15.6. The van der Waals surface area contributed by atoms with E-state index in [0.717, 1.165) is 31.7 Å². The van der Waals surface area contributed by atoms with Crippen molar-refractivity contribution >= 4 is 22.7 Å². The van der Waals surface area contributed by atoms with Crippen LogP contribution in [0.1, 0.15) is 63.4 Å². The molecule has 226 valence electrons. The van der Waals surface area contributed by atoms with E-state index in [2.05, 4.69) is 25.3 Å². The van der Waals surface area contributed by atoms with Crippen LogP contribution in [0.15, 0.2) is 55.1 Å². The summed E-state index contributed by atoms with van der Waals surface area (Å²) in [6, 6.07) is 9.09. The number of nitrogens with zero attached hydrogens (tertiary/aromatic N) is 4. The number of nitrogens with one attached hydrogen (secondary N) is 1. The number of hydrogen-bond donors (Lipinski definition) is 1. The average Bonchev–Trinajstić information content (AvgIpc) is 3.00. The minimum Gasteiger partial charge on any atom is -0.490 e. The molecule has 8 nitrogen and oxygen atoms in total. The van der Waals surface area contributed by atoms with Gasteiger partial charge in [0.05, 0.1) is 12.6 Å². The van der Waals surface area contributed by atoms with Gasteiger partial charge >= 0.3 is 12.1 Å². The third-order valence-electron chi connectivity index (χ3n) is 7.68. The molecule has 1 fully saturated rings. The molecule has 0 bridgehead atoms. The van der Waals surface area contributed by atoms with E-state index < -0.39 is 23.5 Å². The molecular weight excluding hydrogens is 566 g/mol. The Hall–Kier alpha value is -4.35. The van der Waals surface area contributed by atoms with Gasteiger partial charge in [0.25, 0.3) is 0 Å². The van der Waals surface area contributed by atoms with E-state index in [1.165, 1.54) is 18.5 Å². The Morgan fingerprint density at radius 1 is 1.00 bits per heavy atom. The monoisotopic (exact) mass is 597 g/mol. The van der Waals surface area contributed by atoms with Gasteiger partial charge in [-0.25, -0.2) is 24.3 Å². The summed E-state index contributed by atoms with van der Waals surface area (Å²) in [4.78, 5) is 28.9. The predicted octanol–water partition coefficient (Wildman–Crippen LogP) is 7.31. The summed E-state index contributed by atoms with van der Waals surface area (Å²) >= 11 is 0. The second kappa shape index (κ2) is 12.5. The number of alkyl halides is 3. The Balaban J connectivity index is 1.52. The van der Waals surface area contributed by atoms with Gasteiger partial charge in [-0.3, -0.25) is 4.79 Å². The van der Waals surface area contributed by atoms with Crippen molar-refractivity contribution in [1.82, 2.24) is 19.9 Å². The van der Waals surface area contributed by atoms with Gasteiger partial charge in [0.15, 0.2) is 0 Å². The summed E-state index contributed by atoms with van der Waals surface area (Å²) in [5.74, 6) is -1.09. The van der Waals surface area contributed by atoms with Gasteiger partial charge in [0.1, 0.15) is 41.3 Å². The third kappa shape index (κ3) is 6.68. The molecule has 4 aromatic rings. The number of fused-ring (bicyclic) bond motifs is 1. The van der Waals surface area contributed by atoms with E-state index in [1.807, 2.05) is 6.07 Å². The first kappa shape index (κ1) is 30.1. The standard InChI is InChI=1S/C31H31F4N5O3/c1-3-42-29(41)30(11-5-4-6-12-30)17-43-25-14-21(20-7-9-23(32)10-8-20)13-24-26(25)38-18-39-27(24)40-19(2)22-15-36-28(37-16-22)31(33,34)35/h7-10,13-16,18-19H,3-6,11-12,17H2,1-2H3,(H,38,39,40)/t19-/m1/s1. The molecule has 0 unspecified atom stereocenters. The van der Waals surface area contributed by atoms with Crippen molar-refractivity contribution in [3.63, 3.8) is 0 Å². The van der Waals surface area contributed by atoms with Crippen LogP contribution in [0.25, 0.3) is 22.0 Å². The lowest BCUT2D eigenvalue weighted by molar-refractivity contribution is -0.160. The highest BCUT2D eigenvalue weighted by atomic mass is 19.4. The van der Waals surface area contributed by atoms with Crippen LogP contribution in [0.3, 0.4) is 0 Å². The van der Waals surface area contributed by atoms with E-state index in [1.54, 1.807) is 32.0 Å². The SMILES string of the molecule is CCOC(=O)C1(COc2cc(-c3ccc(F)cc3)cc3c(N[C@H](C)c4cnc(C(F)(F)F)nc4)ncnc23)CCCCC1. The Morgan fingerprint density at radius 2 is 1.70 bits per heavy atom. The van der Waals surface area contributed by atoms with Gasteiger partial charge in [-0.2, -0.15) is 13.2 Å². The zero-order valence-electron chi connectivity index (χ0n) is 23.7. The summed E-state index contributed by atoms with van der Waals surface area (Å²) in [7, 11) is 0. The van der Waals surface area contributed by atoms with Crippen LogP contribution < -0.4 is 10.1 Å². The van der Waals surface area contributed by atoms with Crippen molar-refractivity contribution in [2.75, 3.05) is 18.5 Å². The van der Waals surface area contributed by atoms with Gasteiger partial charge in [0.2, 0.25) is 5.82 Å². The first-order valence-electron chi connectivity index (χ1n) is 14.1. The molecule has 1 aliphatic carbocycles. The first-order valence-corrected chi connectivity index (χ1v) is 14.1. The van der Waals surface area contributed by atoms with E-state index in [0.29, 0.717) is 52.0 Å². The van der Waals surface area contributed by atoms with Gasteiger partial charge in [-0.15, -0.1) is 0 Å². The van der Waals surface area contributed by atoms with Crippen molar-refractivity contribution in [2.24, 2.45) is 5.41 Å². The number of benzene rings is 2. The lowest BCUT2D eigenvalue weighted by atomic mass is 9.74. The third-order valence-corrected chi connectivity index (χ3v) is 7.68. The minimum absolute atomic E-state index is 0.0971. The van der Waals surface area contributed by atoms with Crippen molar-refractivity contribution in [3.05, 3.63) is 72.3 Å². The Morgan fingerprint density at radius 3 is 2.35 bits per heavy atom. The highest BCUT2D eigenvalue weighted by molar-refractivity contribution is 5.96.